The molecule has 2 aromatic carbocycles. The van der Waals surface area contributed by atoms with Gasteiger partial charge in [0.05, 0.1) is 22.8 Å². The van der Waals surface area contributed by atoms with Crippen LogP contribution in [0.5, 0.6) is 17.6 Å². The Labute approximate surface area is 246 Å². The van der Waals surface area contributed by atoms with E-state index in [1.54, 1.807) is 18.2 Å². The molecule has 2 N–H and O–H groups in total. The van der Waals surface area contributed by atoms with Crippen LogP contribution in [0.25, 0.3) is 32.9 Å². The molecule has 0 saturated carbocycles. The van der Waals surface area contributed by atoms with Gasteiger partial charge in [-0.1, -0.05) is 12.1 Å². The predicted octanol–water partition coefficient (Wildman–Crippen LogP) is 4.35. The number of phenolic OH excluding ortho intramolecular Hbond substituents is 1. The molecule has 0 radical (unpaired) electrons. The molecule has 5 aliphatic rings. The second-order valence-electron chi connectivity index (χ2n) is 12.8. The fraction of sp³-hybridized carbons (Fsp3) is 0.469. The molecule has 2 aromatic heterocycles. The molecule has 0 spiro atoms. The molecular weight excluding hydrogens is 554 g/mol. The maximum Gasteiger partial charge on any atom is 0.319 e. The average Bonchev–Trinajstić information content (AvgIpc) is 3.62. The first-order valence-electron chi connectivity index (χ1n) is 15.3. The highest BCUT2D eigenvalue weighted by Crippen LogP contribution is 2.44. The summed E-state index contributed by atoms with van der Waals surface area (Å²) in [5.74, 6) is 0.702. The van der Waals surface area contributed by atoms with E-state index in [4.69, 9.17) is 24.4 Å². The molecular formula is C32H32F2N6O3. The minimum absolute atomic E-state index is 0.0107. The van der Waals surface area contributed by atoms with Crippen LogP contribution in [0, 0.1) is 5.82 Å². The van der Waals surface area contributed by atoms with Crippen molar-refractivity contribution >= 4 is 27.5 Å². The average molecular weight is 587 g/mol. The molecule has 7 heterocycles. The van der Waals surface area contributed by atoms with E-state index in [1.165, 1.54) is 18.2 Å². The molecule has 4 fully saturated rings. The highest BCUT2D eigenvalue weighted by molar-refractivity contribution is 6.01. The second kappa shape index (κ2) is 9.33. The van der Waals surface area contributed by atoms with E-state index in [-0.39, 0.29) is 29.4 Å². The molecule has 4 saturated heterocycles. The van der Waals surface area contributed by atoms with Crippen molar-refractivity contribution in [2.45, 2.75) is 61.9 Å². The maximum absolute atomic E-state index is 15.2. The summed E-state index contributed by atoms with van der Waals surface area (Å²) in [6.07, 6.45) is 3.67. The zero-order chi connectivity index (χ0) is 28.9. The zero-order valence-electron chi connectivity index (χ0n) is 23.6. The summed E-state index contributed by atoms with van der Waals surface area (Å²) in [5.41, 5.74) is 1.11. The zero-order valence-corrected chi connectivity index (χ0v) is 23.6. The summed E-state index contributed by atoms with van der Waals surface area (Å²) < 4.78 is 42.4. The number of piperazine rings is 1. The molecule has 2 bridgehead atoms. The first-order chi connectivity index (χ1) is 20.9. The van der Waals surface area contributed by atoms with Gasteiger partial charge in [0.1, 0.15) is 42.2 Å². The van der Waals surface area contributed by atoms with E-state index in [0.29, 0.717) is 71.0 Å². The van der Waals surface area contributed by atoms with Gasteiger partial charge in [-0.2, -0.15) is 9.97 Å². The standard InChI is InChI=1S/C32H32F2N6O3/c33-18-12-32(7-2-8-39(32)13-18)16-43-31-37-25-11-24(21-10-20(41)9-17-3-1-4-22(34)27(17)21)36-30-28(25)29(38-31)40-14-19-5-6-23(35-19)26(40)15-42-30/h1,3-4,9-11,18-19,23,26,35,41H,2,5-8,12-16H2/t18-,19-,23+,26+,32+/m0/s1. The van der Waals surface area contributed by atoms with Crippen LogP contribution in [0.4, 0.5) is 14.6 Å². The third-order valence-corrected chi connectivity index (χ3v) is 10.2. The number of halogens is 2. The van der Waals surface area contributed by atoms with Gasteiger partial charge in [-0.25, -0.2) is 13.8 Å². The molecule has 9 rings (SSSR count). The number of pyridine rings is 1. The SMILES string of the molecule is Oc1cc(-c2cc3nc(OC[C@]45CCCN4C[C@@H](F)C5)nc4c3c(n2)OC[C@@H]2[C@H]3CC[C@@H](CN42)N3)c2c(F)cccc2c1. The highest BCUT2D eigenvalue weighted by Gasteiger charge is 2.49. The summed E-state index contributed by atoms with van der Waals surface area (Å²) in [6.45, 7) is 2.83. The van der Waals surface area contributed by atoms with Crippen LogP contribution in [-0.4, -0.2) is 87.6 Å². The lowest BCUT2D eigenvalue weighted by Crippen LogP contribution is -2.60. The van der Waals surface area contributed by atoms with E-state index < -0.39 is 12.0 Å². The van der Waals surface area contributed by atoms with Gasteiger partial charge in [0.2, 0.25) is 5.88 Å². The van der Waals surface area contributed by atoms with Crippen molar-refractivity contribution in [2.75, 3.05) is 37.7 Å². The van der Waals surface area contributed by atoms with Crippen LogP contribution in [0.3, 0.4) is 0 Å². The third kappa shape index (κ3) is 3.97. The van der Waals surface area contributed by atoms with Crippen molar-refractivity contribution in [3.63, 3.8) is 0 Å². The molecule has 11 heteroatoms. The fourth-order valence-electron chi connectivity index (χ4n) is 8.31. The number of hydrogen-bond acceptors (Lipinski definition) is 9. The molecule has 0 unspecified atom stereocenters. The maximum atomic E-state index is 15.2. The number of anilines is 1. The van der Waals surface area contributed by atoms with Gasteiger partial charge in [0.15, 0.2) is 0 Å². The van der Waals surface area contributed by atoms with Crippen LogP contribution < -0.4 is 19.7 Å². The Hall–Kier alpha value is -3.83. The van der Waals surface area contributed by atoms with Crippen molar-refractivity contribution in [3.05, 3.63) is 42.2 Å². The van der Waals surface area contributed by atoms with Gasteiger partial charge >= 0.3 is 6.01 Å². The highest BCUT2D eigenvalue weighted by atomic mass is 19.1. The van der Waals surface area contributed by atoms with E-state index in [1.807, 2.05) is 0 Å². The van der Waals surface area contributed by atoms with Crippen molar-refractivity contribution in [1.82, 2.24) is 25.2 Å². The topological polar surface area (TPSA) is 95.9 Å². The van der Waals surface area contributed by atoms with Crippen molar-refractivity contribution in [2.24, 2.45) is 0 Å². The van der Waals surface area contributed by atoms with Crippen molar-refractivity contribution < 1.29 is 23.4 Å². The summed E-state index contributed by atoms with van der Waals surface area (Å²) in [6, 6.07) is 10.5. The molecule has 222 valence electrons. The van der Waals surface area contributed by atoms with Crippen molar-refractivity contribution in [1.29, 1.82) is 0 Å². The predicted molar refractivity (Wildman–Crippen MR) is 157 cm³/mol. The summed E-state index contributed by atoms with van der Waals surface area (Å²) >= 11 is 0. The van der Waals surface area contributed by atoms with Gasteiger partial charge in [0.25, 0.3) is 0 Å². The van der Waals surface area contributed by atoms with Gasteiger partial charge in [-0.3, -0.25) is 4.90 Å². The van der Waals surface area contributed by atoms with Crippen LogP contribution in [-0.2, 0) is 0 Å². The van der Waals surface area contributed by atoms with Gasteiger partial charge in [0, 0.05) is 42.5 Å². The number of benzene rings is 2. The minimum atomic E-state index is -0.853. The number of hydrogen-bond donors (Lipinski definition) is 2. The van der Waals surface area contributed by atoms with E-state index in [0.717, 1.165) is 44.6 Å². The molecule has 5 aliphatic heterocycles. The smallest absolute Gasteiger partial charge is 0.319 e. The lowest BCUT2D eigenvalue weighted by Gasteiger charge is -2.40. The molecule has 0 amide bonds. The summed E-state index contributed by atoms with van der Waals surface area (Å²) in [7, 11) is 0. The number of aromatic nitrogens is 3. The number of fused-ring (bicyclic) bond motifs is 7. The van der Waals surface area contributed by atoms with Gasteiger partial charge in [-0.15, -0.1) is 0 Å². The number of aromatic hydroxyl groups is 1. The Morgan fingerprint density at radius 1 is 1.12 bits per heavy atom. The van der Waals surface area contributed by atoms with Gasteiger partial charge < -0.3 is 24.8 Å². The van der Waals surface area contributed by atoms with Crippen molar-refractivity contribution in [3.8, 4) is 28.9 Å². The number of rotatable bonds is 4. The first-order valence-corrected chi connectivity index (χ1v) is 15.3. The minimum Gasteiger partial charge on any atom is -0.508 e. The quantitative estimate of drug-likeness (QED) is 0.362. The Balaban J connectivity index is 1.20. The van der Waals surface area contributed by atoms with Crippen LogP contribution >= 0.6 is 0 Å². The fourth-order valence-corrected chi connectivity index (χ4v) is 8.31. The van der Waals surface area contributed by atoms with Crippen LogP contribution in [0.1, 0.15) is 32.1 Å². The molecule has 4 aromatic rings. The molecule has 5 atom stereocenters. The summed E-state index contributed by atoms with van der Waals surface area (Å²) in [5, 5.41) is 15.9. The number of alkyl halides is 1. The number of nitrogens with one attached hydrogen (secondary N) is 1. The Morgan fingerprint density at radius 3 is 2.98 bits per heavy atom. The van der Waals surface area contributed by atoms with E-state index >= 15 is 4.39 Å². The monoisotopic (exact) mass is 586 g/mol. The number of phenols is 1. The second-order valence-corrected chi connectivity index (χ2v) is 12.8. The normalized spacial score (nSPS) is 29.5. The van der Waals surface area contributed by atoms with E-state index in [9.17, 15) is 9.50 Å². The third-order valence-electron chi connectivity index (χ3n) is 10.2. The molecule has 9 nitrogen and oxygen atoms in total. The lowest BCUT2D eigenvalue weighted by molar-refractivity contribution is 0.107. The first kappa shape index (κ1) is 25.6. The Bertz CT molecular complexity index is 1790. The Morgan fingerprint density at radius 2 is 2.05 bits per heavy atom. The van der Waals surface area contributed by atoms with E-state index in [2.05, 4.69) is 15.1 Å². The summed E-state index contributed by atoms with van der Waals surface area (Å²) in [4.78, 5) is 19.2. The molecule has 43 heavy (non-hydrogen) atoms. The van der Waals surface area contributed by atoms with Gasteiger partial charge in [-0.05, 0) is 61.9 Å². The number of nitrogens with zero attached hydrogens (tertiary/aromatic N) is 5. The lowest BCUT2D eigenvalue weighted by atomic mass is 9.95. The number of ether oxygens (including phenoxy) is 2. The molecule has 0 aliphatic carbocycles. The van der Waals surface area contributed by atoms with Crippen LogP contribution in [0.2, 0.25) is 0 Å². The Kier molecular flexibility index (Phi) is 5.57. The van der Waals surface area contributed by atoms with Crippen LogP contribution in [0.15, 0.2) is 36.4 Å². The largest absolute Gasteiger partial charge is 0.508 e.